The van der Waals surface area contributed by atoms with Crippen LogP contribution in [0.1, 0.15) is 45.4 Å². The number of rotatable bonds is 7. The molecule has 0 spiro atoms. The molecule has 1 aromatic heterocycles. The molecule has 19 heavy (non-hydrogen) atoms. The molecule has 0 fully saturated rings. The van der Waals surface area contributed by atoms with Crippen molar-refractivity contribution in [1.29, 1.82) is 0 Å². The van der Waals surface area contributed by atoms with Crippen LogP contribution < -0.4 is 5.32 Å². The number of terminal acetylenes is 1. The zero-order valence-corrected chi connectivity index (χ0v) is 12.6. The van der Waals surface area contributed by atoms with Gasteiger partial charge in [0.15, 0.2) is 0 Å². The summed E-state index contributed by atoms with van der Waals surface area (Å²) in [5.41, 5.74) is 1.31. The Labute approximate surface area is 117 Å². The van der Waals surface area contributed by atoms with Crippen LogP contribution in [-0.2, 0) is 13.1 Å². The van der Waals surface area contributed by atoms with E-state index in [2.05, 4.69) is 43.8 Å². The van der Waals surface area contributed by atoms with E-state index in [1.54, 1.807) is 6.26 Å². The third-order valence-corrected chi connectivity index (χ3v) is 2.87. The smallest absolute Gasteiger partial charge is 0.122 e. The fourth-order valence-corrected chi connectivity index (χ4v) is 1.91. The van der Waals surface area contributed by atoms with Gasteiger partial charge in [-0.2, -0.15) is 0 Å². The van der Waals surface area contributed by atoms with Crippen LogP contribution in [0.2, 0.25) is 0 Å². The van der Waals surface area contributed by atoms with Crippen LogP contribution in [0.3, 0.4) is 0 Å². The maximum absolute atomic E-state index is 5.58. The van der Waals surface area contributed by atoms with Crippen molar-refractivity contribution < 1.29 is 4.42 Å². The Morgan fingerprint density at radius 2 is 2.16 bits per heavy atom. The largest absolute Gasteiger partial charge is 0.468 e. The van der Waals surface area contributed by atoms with E-state index in [9.17, 15) is 0 Å². The minimum Gasteiger partial charge on any atom is -0.468 e. The van der Waals surface area contributed by atoms with Gasteiger partial charge in [0.1, 0.15) is 5.76 Å². The Hall–Kier alpha value is -1.24. The van der Waals surface area contributed by atoms with E-state index >= 15 is 0 Å². The minimum atomic E-state index is 0.0893. The summed E-state index contributed by atoms with van der Waals surface area (Å²) in [6.07, 6.45) is 8.28. The molecule has 1 aromatic rings. The van der Waals surface area contributed by atoms with Gasteiger partial charge in [0.2, 0.25) is 0 Å². The molecule has 0 saturated heterocycles. The molecule has 1 rings (SSSR count). The third kappa shape index (κ3) is 5.96. The summed E-state index contributed by atoms with van der Waals surface area (Å²) in [6, 6.07) is 2.04. The quantitative estimate of drug-likeness (QED) is 0.766. The van der Waals surface area contributed by atoms with E-state index in [0.29, 0.717) is 6.54 Å². The van der Waals surface area contributed by atoms with E-state index in [-0.39, 0.29) is 5.54 Å². The fourth-order valence-electron chi connectivity index (χ4n) is 1.91. The lowest BCUT2D eigenvalue weighted by molar-refractivity contribution is 0.294. The topological polar surface area (TPSA) is 28.4 Å². The van der Waals surface area contributed by atoms with Crippen molar-refractivity contribution in [3.05, 3.63) is 23.7 Å². The highest BCUT2D eigenvalue weighted by atomic mass is 16.3. The Kier molecular flexibility index (Phi) is 6.14. The fraction of sp³-hybridized carbons (Fsp3) is 0.625. The SMILES string of the molecule is C#CCN(CCC)Cc1ccoc1CNC(C)(C)C. The van der Waals surface area contributed by atoms with Gasteiger partial charge in [-0.25, -0.2) is 0 Å². The molecule has 106 valence electrons. The van der Waals surface area contributed by atoms with Gasteiger partial charge in [0.25, 0.3) is 0 Å². The van der Waals surface area contributed by atoms with Crippen molar-refractivity contribution in [2.75, 3.05) is 13.1 Å². The van der Waals surface area contributed by atoms with Crippen molar-refractivity contribution in [3.63, 3.8) is 0 Å². The van der Waals surface area contributed by atoms with Crippen LogP contribution in [0, 0.1) is 12.3 Å². The second-order valence-electron chi connectivity index (χ2n) is 5.89. The molecule has 1 heterocycles. The average Bonchev–Trinajstić information content (AvgIpc) is 2.73. The monoisotopic (exact) mass is 262 g/mol. The summed E-state index contributed by atoms with van der Waals surface area (Å²) >= 11 is 0. The highest BCUT2D eigenvalue weighted by molar-refractivity contribution is 5.17. The molecule has 0 bridgehead atoms. The summed E-state index contributed by atoms with van der Waals surface area (Å²) in [5.74, 6) is 3.73. The summed E-state index contributed by atoms with van der Waals surface area (Å²) < 4.78 is 5.58. The average molecular weight is 262 g/mol. The van der Waals surface area contributed by atoms with Gasteiger partial charge in [-0.1, -0.05) is 12.8 Å². The summed E-state index contributed by atoms with van der Waals surface area (Å²) in [5, 5.41) is 3.45. The van der Waals surface area contributed by atoms with Gasteiger partial charge in [-0.3, -0.25) is 4.90 Å². The lowest BCUT2D eigenvalue weighted by Gasteiger charge is -2.21. The van der Waals surface area contributed by atoms with Crippen LogP contribution in [0.15, 0.2) is 16.7 Å². The van der Waals surface area contributed by atoms with Gasteiger partial charge in [-0.05, 0) is 39.8 Å². The van der Waals surface area contributed by atoms with Crippen LogP contribution in [-0.4, -0.2) is 23.5 Å². The summed E-state index contributed by atoms with van der Waals surface area (Å²) in [7, 11) is 0. The maximum Gasteiger partial charge on any atom is 0.122 e. The summed E-state index contributed by atoms with van der Waals surface area (Å²) in [6.45, 7) is 11.9. The molecule has 0 aliphatic heterocycles. The predicted octanol–water partition coefficient (Wildman–Crippen LogP) is 3.01. The lowest BCUT2D eigenvalue weighted by atomic mass is 10.1. The van der Waals surface area contributed by atoms with Crippen molar-refractivity contribution in [2.45, 2.75) is 52.7 Å². The predicted molar refractivity (Wildman–Crippen MR) is 79.7 cm³/mol. The Bertz CT molecular complexity index is 409. The minimum absolute atomic E-state index is 0.0893. The number of nitrogens with zero attached hydrogens (tertiary/aromatic N) is 1. The van der Waals surface area contributed by atoms with Crippen molar-refractivity contribution >= 4 is 0 Å². The first kappa shape index (κ1) is 15.8. The third-order valence-electron chi connectivity index (χ3n) is 2.87. The lowest BCUT2D eigenvalue weighted by Crippen LogP contribution is -2.35. The molecule has 0 unspecified atom stereocenters. The van der Waals surface area contributed by atoms with Gasteiger partial charge < -0.3 is 9.73 Å². The van der Waals surface area contributed by atoms with Gasteiger partial charge in [0, 0.05) is 17.6 Å². The normalized spacial score (nSPS) is 11.8. The van der Waals surface area contributed by atoms with Gasteiger partial charge in [-0.15, -0.1) is 6.42 Å². The first-order chi connectivity index (χ1) is 8.96. The molecule has 3 heteroatoms. The molecule has 0 aliphatic carbocycles. The molecule has 1 N–H and O–H groups in total. The highest BCUT2D eigenvalue weighted by Gasteiger charge is 2.14. The van der Waals surface area contributed by atoms with Crippen LogP contribution in [0.5, 0.6) is 0 Å². The second-order valence-corrected chi connectivity index (χ2v) is 5.89. The second kappa shape index (κ2) is 7.37. The van der Waals surface area contributed by atoms with Crippen molar-refractivity contribution in [2.24, 2.45) is 0 Å². The summed E-state index contributed by atoms with van der Waals surface area (Å²) in [4.78, 5) is 2.27. The van der Waals surface area contributed by atoms with Crippen molar-refractivity contribution in [1.82, 2.24) is 10.2 Å². The Morgan fingerprint density at radius 3 is 2.74 bits per heavy atom. The zero-order valence-electron chi connectivity index (χ0n) is 12.6. The standard InChI is InChI=1S/C16H26N2O/c1-6-9-18(10-7-2)13-14-8-11-19-15(14)12-17-16(3,4)5/h1,8,11,17H,7,9-10,12-13H2,2-5H3. The Balaban J connectivity index is 2.63. The van der Waals surface area contributed by atoms with Crippen LogP contribution in [0.4, 0.5) is 0 Å². The number of furan rings is 1. The van der Waals surface area contributed by atoms with E-state index < -0.39 is 0 Å². The maximum atomic E-state index is 5.58. The first-order valence-electron chi connectivity index (χ1n) is 6.92. The number of hydrogen-bond donors (Lipinski definition) is 1. The van der Waals surface area contributed by atoms with Gasteiger partial charge >= 0.3 is 0 Å². The molecule has 0 amide bonds. The Morgan fingerprint density at radius 1 is 1.42 bits per heavy atom. The molecule has 0 aromatic carbocycles. The van der Waals surface area contributed by atoms with Crippen molar-refractivity contribution in [3.8, 4) is 12.3 Å². The molecular formula is C16H26N2O. The van der Waals surface area contributed by atoms with E-state index in [0.717, 1.165) is 31.8 Å². The highest BCUT2D eigenvalue weighted by Crippen LogP contribution is 2.14. The molecule has 0 aliphatic rings. The molecular weight excluding hydrogens is 236 g/mol. The zero-order chi connectivity index (χ0) is 14.3. The molecule has 0 radical (unpaired) electrons. The number of hydrogen-bond acceptors (Lipinski definition) is 3. The van der Waals surface area contributed by atoms with Gasteiger partial charge in [0.05, 0.1) is 19.4 Å². The van der Waals surface area contributed by atoms with Crippen LogP contribution >= 0.6 is 0 Å². The first-order valence-corrected chi connectivity index (χ1v) is 6.92. The van der Waals surface area contributed by atoms with E-state index in [1.807, 2.05) is 6.07 Å². The van der Waals surface area contributed by atoms with E-state index in [4.69, 9.17) is 10.8 Å². The molecule has 3 nitrogen and oxygen atoms in total. The molecule has 0 saturated carbocycles. The number of nitrogens with one attached hydrogen (secondary N) is 1. The van der Waals surface area contributed by atoms with Crippen LogP contribution in [0.25, 0.3) is 0 Å². The van der Waals surface area contributed by atoms with E-state index in [1.165, 1.54) is 5.56 Å². The molecule has 0 atom stereocenters.